The molecular formula is C20H22N2O6. The van der Waals surface area contributed by atoms with Gasteiger partial charge < -0.3 is 24.8 Å². The topological polar surface area (TPSA) is 103 Å². The zero-order valence-corrected chi connectivity index (χ0v) is 15.7. The second kappa shape index (κ2) is 10.6. The van der Waals surface area contributed by atoms with Crippen LogP contribution in [0.3, 0.4) is 0 Å². The fraction of sp³-hybridized carbons (Fsp3) is 0.250. The zero-order chi connectivity index (χ0) is 20.4. The number of anilines is 1. The van der Waals surface area contributed by atoms with Crippen LogP contribution in [-0.4, -0.2) is 44.7 Å². The van der Waals surface area contributed by atoms with Crippen molar-refractivity contribution >= 4 is 23.5 Å². The van der Waals surface area contributed by atoms with Gasteiger partial charge in [0, 0.05) is 12.6 Å². The molecule has 2 aromatic carbocycles. The fourth-order valence-corrected chi connectivity index (χ4v) is 2.28. The van der Waals surface area contributed by atoms with E-state index in [4.69, 9.17) is 14.2 Å². The SMILES string of the molecule is COc1ccccc1OCCNC(=O)COC(=O)c1cccc(NC(C)=O)c1. The van der Waals surface area contributed by atoms with E-state index in [0.29, 0.717) is 17.2 Å². The van der Waals surface area contributed by atoms with E-state index >= 15 is 0 Å². The standard InChI is InChI=1S/C20H22N2O6/c1-14(23)22-16-7-5-6-15(12-16)20(25)28-13-19(24)21-10-11-27-18-9-4-3-8-17(18)26-2/h3-9,12H,10-11,13H2,1-2H3,(H,21,24)(H,22,23). The Labute approximate surface area is 162 Å². The van der Waals surface area contributed by atoms with Gasteiger partial charge in [-0.15, -0.1) is 0 Å². The normalized spacial score (nSPS) is 9.93. The lowest BCUT2D eigenvalue weighted by Gasteiger charge is -2.11. The lowest BCUT2D eigenvalue weighted by Crippen LogP contribution is -2.32. The van der Waals surface area contributed by atoms with E-state index < -0.39 is 18.5 Å². The number of hydrogen-bond donors (Lipinski definition) is 2. The van der Waals surface area contributed by atoms with Crippen LogP contribution in [-0.2, 0) is 14.3 Å². The maximum atomic E-state index is 12.0. The number of esters is 1. The minimum absolute atomic E-state index is 0.235. The van der Waals surface area contributed by atoms with Crippen LogP contribution in [0.5, 0.6) is 11.5 Å². The molecule has 148 valence electrons. The van der Waals surface area contributed by atoms with Crippen LogP contribution in [0.15, 0.2) is 48.5 Å². The molecule has 8 nitrogen and oxygen atoms in total. The van der Waals surface area contributed by atoms with E-state index in [1.165, 1.54) is 19.1 Å². The van der Waals surface area contributed by atoms with Crippen LogP contribution < -0.4 is 20.1 Å². The highest BCUT2D eigenvalue weighted by Crippen LogP contribution is 2.25. The Hall–Kier alpha value is -3.55. The number of nitrogens with one attached hydrogen (secondary N) is 2. The summed E-state index contributed by atoms with van der Waals surface area (Å²) in [4.78, 5) is 34.9. The Kier molecular flexibility index (Phi) is 7.83. The van der Waals surface area contributed by atoms with Gasteiger partial charge in [0.1, 0.15) is 6.61 Å². The van der Waals surface area contributed by atoms with Crippen LogP contribution in [0.25, 0.3) is 0 Å². The van der Waals surface area contributed by atoms with Gasteiger partial charge in [-0.25, -0.2) is 4.79 Å². The van der Waals surface area contributed by atoms with E-state index in [1.54, 1.807) is 31.4 Å². The number of methoxy groups -OCH3 is 1. The van der Waals surface area contributed by atoms with Gasteiger partial charge >= 0.3 is 5.97 Å². The predicted molar refractivity (Wildman–Crippen MR) is 103 cm³/mol. The van der Waals surface area contributed by atoms with Gasteiger partial charge in [-0.1, -0.05) is 18.2 Å². The van der Waals surface area contributed by atoms with Crippen molar-refractivity contribution in [2.24, 2.45) is 0 Å². The van der Waals surface area contributed by atoms with E-state index in [0.717, 1.165) is 0 Å². The minimum Gasteiger partial charge on any atom is -0.493 e. The first-order valence-corrected chi connectivity index (χ1v) is 8.57. The molecule has 28 heavy (non-hydrogen) atoms. The molecule has 0 aliphatic heterocycles. The molecule has 0 aromatic heterocycles. The average Bonchev–Trinajstić information content (AvgIpc) is 2.69. The number of amides is 2. The molecule has 0 aliphatic rings. The fourth-order valence-electron chi connectivity index (χ4n) is 2.28. The summed E-state index contributed by atoms with van der Waals surface area (Å²) in [7, 11) is 1.55. The van der Waals surface area contributed by atoms with Crippen LogP contribution in [0.1, 0.15) is 17.3 Å². The molecule has 0 fully saturated rings. The monoisotopic (exact) mass is 386 g/mol. The molecule has 2 N–H and O–H groups in total. The van der Waals surface area contributed by atoms with Crippen molar-refractivity contribution in [2.75, 3.05) is 32.2 Å². The molecule has 0 unspecified atom stereocenters. The zero-order valence-electron chi connectivity index (χ0n) is 15.7. The van der Waals surface area contributed by atoms with Crippen LogP contribution in [0.4, 0.5) is 5.69 Å². The quantitative estimate of drug-likeness (QED) is 0.505. The first-order valence-electron chi connectivity index (χ1n) is 8.57. The van der Waals surface area contributed by atoms with Crippen LogP contribution >= 0.6 is 0 Å². The molecule has 0 heterocycles. The Morgan fingerprint density at radius 3 is 2.46 bits per heavy atom. The Balaban J connectivity index is 1.72. The molecule has 0 saturated carbocycles. The molecule has 0 atom stereocenters. The predicted octanol–water partition coefficient (Wildman–Crippen LogP) is 2.01. The average molecular weight is 386 g/mol. The van der Waals surface area contributed by atoms with Gasteiger partial charge in [-0.3, -0.25) is 9.59 Å². The molecule has 0 radical (unpaired) electrons. The van der Waals surface area contributed by atoms with Crippen molar-refractivity contribution in [3.63, 3.8) is 0 Å². The molecule has 0 saturated heterocycles. The number of ether oxygens (including phenoxy) is 3. The number of carbonyl (C=O) groups is 3. The third kappa shape index (κ3) is 6.64. The van der Waals surface area contributed by atoms with Crippen molar-refractivity contribution in [2.45, 2.75) is 6.92 Å². The smallest absolute Gasteiger partial charge is 0.338 e. The second-order valence-corrected chi connectivity index (χ2v) is 5.69. The third-order valence-corrected chi connectivity index (χ3v) is 3.50. The highest BCUT2D eigenvalue weighted by molar-refractivity contribution is 5.94. The summed E-state index contributed by atoms with van der Waals surface area (Å²) < 4.78 is 15.7. The summed E-state index contributed by atoms with van der Waals surface area (Å²) in [6, 6.07) is 13.4. The van der Waals surface area contributed by atoms with Crippen LogP contribution in [0, 0.1) is 0 Å². The first kappa shape index (κ1) is 20.8. The van der Waals surface area contributed by atoms with E-state index in [-0.39, 0.29) is 24.6 Å². The molecule has 0 spiro atoms. The van der Waals surface area contributed by atoms with Crippen molar-refractivity contribution < 1.29 is 28.6 Å². The van der Waals surface area contributed by atoms with Crippen LogP contribution in [0.2, 0.25) is 0 Å². The lowest BCUT2D eigenvalue weighted by molar-refractivity contribution is -0.124. The van der Waals surface area contributed by atoms with E-state index in [2.05, 4.69) is 10.6 Å². The summed E-state index contributed by atoms with van der Waals surface area (Å²) in [6.07, 6.45) is 0. The van der Waals surface area contributed by atoms with Gasteiger partial charge in [0.25, 0.3) is 5.91 Å². The van der Waals surface area contributed by atoms with E-state index in [1.807, 2.05) is 12.1 Å². The second-order valence-electron chi connectivity index (χ2n) is 5.69. The Morgan fingerprint density at radius 2 is 1.75 bits per heavy atom. The van der Waals surface area contributed by atoms with Gasteiger partial charge in [0.15, 0.2) is 18.1 Å². The Bertz CT molecular complexity index is 837. The van der Waals surface area contributed by atoms with Gasteiger partial charge in [0.05, 0.1) is 19.2 Å². The maximum Gasteiger partial charge on any atom is 0.338 e. The molecule has 2 amide bonds. The molecule has 2 aromatic rings. The summed E-state index contributed by atoms with van der Waals surface area (Å²) >= 11 is 0. The summed E-state index contributed by atoms with van der Waals surface area (Å²) in [6.45, 7) is 1.43. The molecule has 0 bridgehead atoms. The molecule has 0 aliphatic carbocycles. The highest BCUT2D eigenvalue weighted by Gasteiger charge is 2.11. The van der Waals surface area contributed by atoms with Gasteiger partial charge in [-0.2, -0.15) is 0 Å². The minimum atomic E-state index is -0.660. The summed E-state index contributed by atoms with van der Waals surface area (Å²) in [5.74, 6) is -0.183. The van der Waals surface area contributed by atoms with Gasteiger partial charge in [0.2, 0.25) is 5.91 Å². The first-order chi connectivity index (χ1) is 13.5. The van der Waals surface area contributed by atoms with Crippen molar-refractivity contribution in [1.82, 2.24) is 5.32 Å². The molecular weight excluding hydrogens is 364 g/mol. The third-order valence-electron chi connectivity index (χ3n) is 3.50. The summed E-state index contributed by atoms with van der Waals surface area (Å²) in [5.41, 5.74) is 0.707. The number of carbonyl (C=O) groups excluding carboxylic acids is 3. The lowest BCUT2D eigenvalue weighted by atomic mass is 10.2. The number of benzene rings is 2. The Morgan fingerprint density at radius 1 is 1.00 bits per heavy atom. The number of para-hydroxylation sites is 2. The number of rotatable bonds is 9. The highest BCUT2D eigenvalue weighted by atomic mass is 16.5. The van der Waals surface area contributed by atoms with Gasteiger partial charge in [-0.05, 0) is 30.3 Å². The van der Waals surface area contributed by atoms with Crippen molar-refractivity contribution in [3.05, 3.63) is 54.1 Å². The van der Waals surface area contributed by atoms with E-state index in [9.17, 15) is 14.4 Å². The maximum absolute atomic E-state index is 12.0. The summed E-state index contributed by atoms with van der Waals surface area (Å²) in [5, 5.41) is 5.17. The number of hydrogen-bond acceptors (Lipinski definition) is 6. The van der Waals surface area contributed by atoms with Crippen molar-refractivity contribution in [1.29, 1.82) is 0 Å². The molecule has 2 rings (SSSR count). The largest absolute Gasteiger partial charge is 0.493 e. The molecule has 8 heteroatoms. The van der Waals surface area contributed by atoms with Crippen molar-refractivity contribution in [3.8, 4) is 11.5 Å².